The lowest BCUT2D eigenvalue weighted by Gasteiger charge is -2.22. The fourth-order valence-corrected chi connectivity index (χ4v) is 3.52. The lowest BCUT2D eigenvalue weighted by molar-refractivity contribution is 0.930. The summed E-state index contributed by atoms with van der Waals surface area (Å²) >= 11 is 0. The minimum Gasteiger partial charge on any atom is -0.324 e. The molecule has 0 saturated heterocycles. The van der Waals surface area contributed by atoms with Crippen LogP contribution in [0.25, 0.3) is 0 Å². The van der Waals surface area contributed by atoms with Crippen molar-refractivity contribution in [2.75, 3.05) is 22.9 Å². The number of pyridine rings is 2. The van der Waals surface area contributed by atoms with Crippen molar-refractivity contribution in [3.05, 3.63) is 60.4 Å². The number of hydrogen-bond acceptors (Lipinski definition) is 6. The SMILES string of the molecule is c1cnc2c(c1)N(c1cc(N3CCc4ncccc43)ncn1)CC2. The number of aromatic nitrogens is 4. The third kappa shape index (κ3) is 2.03. The monoisotopic (exact) mass is 316 g/mol. The molecule has 5 heterocycles. The van der Waals surface area contributed by atoms with Crippen molar-refractivity contribution in [1.29, 1.82) is 0 Å². The molecule has 0 amide bonds. The van der Waals surface area contributed by atoms with Crippen LogP contribution in [0, 0.1) is 0 Å². The average molecular weight is 316 g/mol. The van der Waals surface area contributed by atoms with Crippen LogP contribution in [-0.2, 0) is 12.8 Å². The molecule has 2 aliphatic rings. The molecule has 0 unspecified atom stereocenters. The van der Waals surface area contributed by atoms with Gasteiger partial charge >= 0.3 is 0 Å². The van der Waals surface area contributed by atoms with Crippen molar-refractivity contribution in [1.82, 2.24) is 19.9 Å². The Morgan fingerprint density at radius 1 is 0.708 bits per heavy atom. The fourth-order valence-electron chi connectivity index (χ4n) is 3.52. The van der Waals surface area contributed by atoms with Gasteiger partial charge in [0.25, 0.3) is 0 Å². The van der Waals surface area contributed by atoms with Gasteiger partial charge in [0.05, 0.1) is 22.8 Å². The molecule has 0 atom stereocenters. The highest BCUT2D eigenvalue weighted by atomic mass is 15.3. The standard InChI is InChI=1S/C18H16N6/c1-3-15-13(19-7-1)5-9-23(15)17-11-18(22-12-21-17)24-10-6-14-16(24)4-2-8-20-14/h1-4,7-8,11-12H,5-6,9-10H2. The number of fused-ring (bicyclic) bond motifs is 2. The van der Waals surface area contributed by atoms with E-state index in [1.54, 1.807) is 6.33 Å². The van der Waals surface area contributed by atoms with Gasteiger partial charge < -0.3 is 9.80 Å². The van der Waals surface area contributed by atoms with Crippen molar-refractivity contribution in [2.45, 2.75) is 12.8 Å². The molecule has 0 saturated carbocycles. The lowest BCUT2D eigenvalue weighted by Crippen LogP contribution is -2.18. The fraction of sp³-hybridized carbons (Fsp3) is 0.222. The van der Waals surface area contributed by atoms with E-state index in [9.17, 15) is 0 Å². The Morgan fingerprint density at radius 3 is 1.79 bits per heavy atom. The lowest BCUT2D eigenvalue weighted by atomic mass is 10.3. The molecule has 2 aliphatic heterocycles. The van der Waals surface area contributed by atoms with Crippen LogP contribution in [0.5, 0.6) is 0 Å². The molecule has 0 radical (unpaired) electrons. The first-order chi connectivity index (χ1) is 11.9. The Hall–Kier alpha value is -3.02. The molecule has 0 fully saturated rings. The number of hydrogen-bond donors (Lipinski definition) is 0. The summed E-state index contributed by atoms with van der Waals surface area (Å²) in [5.74, 6) is 1.84. The molecule has 6 heteroatoms. The average Bonchev–Trinajstić information content (AvgIpc) is 3.26. The molecule has 6 nitrogen and oxygen atoms in total. The van der Waals surface area contributed by atoms with Crippen LogP contribution in [0.4, 0.5) is 23.0 Å². The van der Waals surface area contributed by atoms with Crippen LogP contribution < -0.4 is 9.80 Å². The Morgan fingerprint density at radius 2 is 1.25 bits per heavy atom. The largest absolute Gasteiger partial charge is 0.324 e. The normalized spacial score (nSPS) is 15.5. The maximum Gasteiger partial charge on any atom is 0.138 e. The van der Waals surface area contributed by atoms with E-state index >= 15 is 0 Å². The Labute approximate surface area is 139 Å². The van der Waals surface area contributed by atoms with E-state index in [1.807, 2.05) is 24.5 Å². The van der Waals surface area contributed by atoms with E-state index in [0.717, 1.165) is 60.3 Å². The zero-order chi connectivity index (χ0) is 15.9. The predicted molar refractivity (Wildman–Crippen MR) is 91.9 cm³/mol. The second-order valence-corrected chi connectivity index (χ2v) is 5.98. The number of rotatable bonds is 2. The van der Waals surface area contributed by atoms with Gasteiger partial charge in [-0.2, -0.15) is 0 Å². The second-order valence-electron chi connectivity index (χ2n) is 5.98. The van der Waals surface area contributed by atoms with Crippen LogP contribution in [0.2, 0.25) is 0 Å². The number of nitrogens with zero attached hydrogens (tertiary/aromatic N) is 6. The van der Waals surface area contributed by atoms with E-state index in [4.69, 9.17) is 0 Å². The minimum atomic E-state index is 0.904. The van der Waals surface area contributed by atoms with Crippen molar-refractivity contribution in [2.24, 2.45) is 0 Å². The van der Waals surface area contributed by atoms with Gasteiger partial charge in [0.1, 0.15) is 18.0 Å². The first kappa shape index (κ1) is 13.4. The Bertz CT molecular complexity index is 839. The molecule has 3 aromatic rings. The van der Waals surface area contributed by atoms with Crippen molar-refractivity contribution in [3.8, 4) is 0 Å². The van der Waals surface area contributed by atoms with Crippen LogP contribution in [-0.4, -0.2) is 33.0 Å². The van der Waals surface area contributed by atoms with E-state index in [2.05, 4.69) is 47.9 Å². The first-order valence-corrected chi connectivity index (χ1v) is 8.15. The first-order valence-electron chi connectivity index (χ1n) is 8.15. The molecular formula is C18H16N6. The Kier molecular flexibility index (Phi) is 2.94. The molecule has 3 aromatic heterocycles. The summed E-state index contributed by atoms with van der Waals surface area (Å²) < 4.78 is 0. The summed E-state index contributed by atoms with van der Waals surface area (Å²) in [7, 11) is 0. The molecule has 0 spiro atoms. The predicted octanol–water partition coefficient (Wildman–Crippen LogP) is 2.66. The summed E-state index contributed by atoms with van der Waals surface area (Å²) in [4.78, 5) is 22.3. The van der Waals surface area contributed by atoms with Gasteiger partial charge in [0.15, 0.2) is 0 Å². The quantitative estimate of drug-likeness (QED) is 0.724. The zero-order valence-electron chi connectivity index (χ0n) is 13.1. The smallest absolute Gasteiger partial charge is 0.138 e. The summed E-state index contributed by atoms with van der Waals surface area (Å²) in [5, 5.41) is 0. The topological polar surface area (TPSA) is 58.0 Å². The second kappa shape index (κ2) is 5.26. The molecular weight excluding hydrogens is 300 g/mol. The highest BCUT2D eigenvalue weighted by molar-refractivity contribution is 5.71. The van der Waals surface area contributed by atoms with Gasteiger partial charge in [-0.25, -0.2) is 9.97 Å². The molecule has 0 N–H and O–H groups in total. The maximum atomic E-state index is 4.49. The molecule has 0 aliphatic carbocycles. The summed E-state index contributed by atoms with van der Waals surface area (Å²) in [6.07, 6.45) is 7.25. The van der Waals surface area contributed by atoms with Crippen LogP contribution in [0.3, 0.4) is 0 Å². The molecule has 5 rings (SSSR count). The molecule has 0 bridgehead atoms. The third-order valence-electron chi connectivity index (χ3n) is 4.65. The van der Waals surface area contributed by atoms with Gasteiger partial charge in [0.2, 0.25) is 0 Å². The van der Waals surface area contributed by atoms with E-state index in [-0.39, 0.29) is 0 Å². The molecule has 0 aromatic carbocycles. The third-order valence-corrected chi connectivity index (χ3v) is 4.65. The highest BCUT2D eigenvalue weighted by Gasteiger charge is 2.25. The zero-order valence-corrected chi connectivity index (χ0v) is 13.1. The van der Waals surface area contributed by atoms with Crippen molar-refractivity contribution >= 4 is 23.0 Å². The van der Waals surface area contributed by atoms with Crippen molar-refractivity contribution < 1.29 is 0 Å². The van der Waals surface area contributed by atoms with Crippen LogP contribution in [0.15, 0.2) is 49.1 Å². The molecule has 24 heavy (non-hydrogen) atoms. The van der Waals surface area contributed by atoms with E-state index in [1.165, 1.54) is 0 Å². The van der Waals surface area contributed by atoms with E-state index in [0.29, 0.717) is 0 Å². The molecule has 118 valence electrons. The summed E-state index contributed by atoms with van der Waals surface area (Å²) in [5.41, 5.74) is 4.55. The van der Waals surface area contributed by atoms with Crippen LogP contribution in [0.1, 0.15) is 11.4 Å². The van der Waals surface area contributed by atoms with Gasteiger partial charge in [0, 0.05) is 44.4 Å². The summed E-state index contributed by atoms with van der Waals surface area (Å²) in [6.45, 7) is 1.81. The van der Waals surface area contributed by atoms with E-state index < -0.39 is 0 Å². The van der Waals surface area contributed by atoms with Gasteiger partial charge in [-0.3, -0.25) is 9.97 Å². The van der Waals surface area contributed by atoms with Gasteiger partial charge in [-0.15, -0.1) is 0 Å². The van der Waals surface area contributed by atoms with Crippen LogP contribution >= 0.6 is 0 Å². The van der Waals surface area contributed by atoms with Crippen molar-refractivity contribution in [3.63, 3.8) is 0 Å². The maximum absolute atomic E-state index is 4.49. The summed E-state index contributed by atoms with van der Waals surface area (Å²) in [6, 6.07) is 10.2. The van der Waals surface area contributed by atoms with Gasteiger partial charge in [-0.05, 0) is 24.3 Å². The van der Waals surface area contributed by atoms with Gasteiger partial charge in [-0.1, -0.05) is 0 Å². The minimum absolute atomic E-state index is 0.904. The Balaban J connectivity index is 1.52. The highest BCUT2D eigenvalue weighted by Crippen LogP contribution is 2.36. The number of anilines is 4.